The Kier molecular flexibility index (Phi) is 3.76. The number of rotatable bonds is 5. The highest BCUT2D eigenvalue weighted by Gasteiger charge is 2.09. The van der Waals surface area contributed by atoms with E-state index in [1.165, 1.54) is 5.56 Å². The van der Waals surface area contributed by atoms with Crippen molar-refractivity contribution in [3.05, 3.63) is 30.1 Å². The van der Waals surface area contributed by atoms with E-state index in [9.17, 15) is 5.11 Å². The van der Waals surface area contributed by atoms with Gasteiger partial charge in [-0.05, 0) is 31.2 Å². The molecule has 4 heteroatoms. The number of hydrogen-bond donors (Lipinski definition) is 2. The first kappa shape index (κ1) is 12.1. The van der Waals surface area contributed by atoms with Crippen LogP contribution in [0.25, 0.3) is 11.0 Å². The molecule has 0 fully saturated rings. The van der Waals surface area contributed by atoms with Gasteiger partial charge in [-0.2, -0.15) is 0 Å². The lowest BCUT2D eigenvalue weighted by Gasteiger charge is -2.06. The molecule has 2 aromatic rings. The summed E-state index contributed by atoms with van der Waals surface area (Å²) in [6, 6.07) is 4.03. The van der Waals surface area contributed by atoms with E-state index in [2.05, 4.69) is 29.5 Å². The number of pyridine rings is 1. The normalized spacial score (nSPS) is 13.1. The highest BCUT2D eigenvalue weighted by Crippen LogP contribution is 2.19. The zero-order valence-electron chi connectivity index (χ0n) is 10.3. The van der Waals surface area contributed by atoms with Gasteiger partial charge in [0.1, 0.15) is 5.65 Å². The summed E-state index contributed by atoms with van der Waals surface area (Å²) < 4.78 is 2.02. The summed E-state index contributed by atoms with van der Waals surface area (Å²) in [5.74, 6) is 0. The van der Waals surface area contributed by atoms with Crippen LogP contribution in [-0.2, 0) is 13.1 Å². The van der Waals surface area contributed by atoms with Gasteiger partial charge in [0.25, 0.3) is 0 Å². The lowest BCUT2D eigenvalue weighted by molar-refractivity contribution is 0.175. The third-order valence-corrected chi connectivity index (χ3v) is 2.74. The largest absolute Gasteiger partial charge is 0.392 e. The van der Waals surface area contributed by atoms with Crippen molar-refractivity contribution >= 4 is 11.0 Å². The minimum Gasteiger partial charge on any atom is -0.392 e. The van der Waals surface area contributed by atoms with Gasteiger partial charge in [0.2, 0.25) is 0 Å². The molecule has 4 nitrogen and oxygen atoms in total. The smallest absolute Gasteiger partial charge is 0.140 e. The summed E-state index contributed by atoms with van der Waals surface area (Å²) in [5, 5.41) is 14.0. The number of aliphatic hydroxyl groups is 1. The van der Waals surface area contributed by atoms with E-state index in [1.807, 2.05) is 10.6 Å². The fourth-order valence-electron chi connectivity index (χ4n) is 2.02. The summed E-state index contributed by atoms with van der Waals surface area (Å²) >= 11 is 0. The molecule has 0 spiro atoms. The molecule has 1 unspecified atom stereocenters. The third-order valence-electron chi connectivity index (χ3n) is 2.74. The lowest BCUT2D eigenvalue weighted by Crippen LogP contribution is -2.12. The molecule has 1 atom stereocenters. The number of fused-ring (bicyclic) bond motifs is 1. The maximum absolute atomic E-state index is 9.49. The summed E-state index contributed by atoms with van der Waals surface area (Å²) in [4.78, 5) is 4.39. The zero-order chi connectivity index (χ0) is 12.3. The van der Waals surface area contributed by atoms with Crippen LogP contribution in [0.5, 0.6) is 0 Å². The van der Waals surface area contributed by atoms with Crippen molar-refractivity contribution in [2.45, 2.75) is 33.0 Å². The van der Waals surface area contributed by atoms with E-state index >= 15 is 0 Å². The van der Waals surface area contributed by atoms with Gasteiger partial charge in [-0.1, -0.05) is 6.92 Å². The quantitative estimate of drug-likeness (QED) is 0.823. The van der Waals surface area contributed by atoms with Gasteiger partial charge < -0.3 is 15.0 Å². The molecule has 0 saturated heterocycles. The number of nitrogens with zero attached hydrogens (tertiary/aromatic N) is 2. The fraction of sp³-hybridized carbons (Fsp3) is 0.462. The molecule has 0 bridgehead atoms. The van der Waals surface area contributed by atoms with Crippen LogP contribution in [0.1, 0.15) is 19.4 Å². The van der Waals surface area contributed by atoms with Crippen molar-refractivity contribution in [2.75, 3.05) is 6.54 Å². The minimum absolute atomic E-state index is 0.361. The molecule has 2 aromatic heterocycles. The molecule has 2 N–H and O–H groups in total. The topological polar surface area (TPSA) is 50.1 Å². The Balaban J connectivity index is 2.39. The van der Waals surface area contributed by atoms with Crippen molar-refractivity contribution in [2.24, 2.45) is 0 Å². The second-order valence-corrected chi connectivity index (χ2v) is 4.31. The van der Waals surface area contributed by atoms with Crippen LogP contribution < -0.4 is 5.32 Å². The van der Waals surface area contributed by atoms with Crippen molar-refractivity contribution in [3.63, 3.8) is 0 Å². The SMILES string of the molecule is CCNCc1cn(CC(C)O)c2ncccc12. The summed E-state index contributed by atoms with van der Waals surface area (Å²) in [6.45, 7) is 6.25. The average molecular weight is 233 g/mol. The first-order valence-electron chi connectivity index (χ1n) is 6.04. The van der Waals surface area contributed by atoms with Crippen LogP contribution in [0.2, 0.25) is 0 Å². The van der Waals surface area contributed by atoms with E-state index in [0.29, 0.717) is 6.54 Å². The maximum Gasteiger partial charge on any atom is 0.140 e. The van der Waals surface area contributed by atoms with Crippen LogP contribution in [-0.4, -0.2) is 27.3 Å². The highest BCUT2D eigenvalue weighted by atomic mass is 16.3. The number of aliphatic hydroxyl groups excluding tert-OH is 1. The van der Waals surface area contributed by atoms with Crippen molar-refractivity contribution in [1.82, 2.24) is 14.9 Å². The minimum atomic E-state index is -0.361. The number of nitrogens with one attached hydrogen (secondary N) is 1. The van der Waals surface area contributed by atoms with Gasteiger partial charge in [-0.15, -0.1) is 0 Å². The molecular weight excluding hydrogens is 214 g/mol. The van der Waals surface area contributed by atoms with Gasteiger partial charge >= 0.3 is 0 Å². The van der Waals surface area contributed by atoms with E-state index in [0.717, 1.165) is 24.1 Å². The standard InChI is InChI=1S/C13H19N3O/c1-3-14-7-11-9-16(8-10(2)17)13-12(11)5-4-6-15-13/h4-6,9-10,14,17H,3,7-8H2,1-2H3. The van der Waals surface area contributed by atoms with Crippen LogP contribution in [0.4, 0.5) is 0 Å². The molecule has 92 valence electrons. The van der Waals surface area contributed by atoms with E-state index in [4.69, 9.17) is 0 Å². The zero-order valence-corrected chi connectivity index (χ0v) is 10.3. The molecule has 0 amide bonds. The predicted octanol–water partition coefficient (Wildman–Crippen LogP) is 1.53. The Hall–Kier alpha value is -1.39. The number of hydrogen-bond acceptors (Lipinski definition) is 3. The van der Waals surface area contributed by atoms with Gasteiger partial charge in [-0.3, -0.25) is 0 Å². The van der Waals surface area contributed by atoms with Crippen LogP contribution in [0, 0.1) is 0 Å². The van der Waals surface area contributed by atoms with Crippen LogP contribution >= 0.6 is 0 Å². The molecule has 2 rings (SSSR count). The molecule has 0 aliphatic rings. The summed E-state index contributed by atoms with van der Waals surface area (Å²) in [6.07, 6.45) is 3.50. The fourth-order valence-corrected chi connectivity index (χ4v) is 2.02. The van der Waals surface area contributed by atoms with Crippen LogP contribution in [0.3, 0.4) is 0 Å². The molecular formula is C13H19N3O. The van der Waals surface area contributed by atoms with E-state index < -0.39 is 0 Å². The maximum atomic E-state index is 9.49. The Labute approximate surface area is 101 Å². The van der Waals surface area contributed by atoms with Gasteiger partial charge in [0, 0.05) is 30.9 Å². The highest BCUT2D eigenvalue weighted by molar-refractivity contribution is 5.80. The Morgan fingerprint density at radius 2 is 2.35 bits per heavy atom. The first-order valence-corrected chi connectivity index (χ1v) is 6.04. The first-order chi connectivity index (χ1) is 8.22. The van der Waals surface area contributed by atoms with Crippen LogP contribution in [0.15, 0.2) is 24.5 Å². The molecule has 17 heavy (non-hydrogen) atoms. The molecule has 0 saturated carbocycles. The van der Waals surface area contributed by atoms with Gasteiger partial charge in [0.15, 0.2) is 0 Å². The number of aromatic nitrogens is 2. The molecule has 0 aliphatic carbocycles. The molecule has 0 radical (unpaired) electrons. The second-order valence-electron chi connectivity index (χ2n) is 4.31. The van der Waals surface area contributed by atoms with E-state index in [-0.39, 0.29) is 6.10 Å². The van der Waals surface area contributed by atoms with E-state index in [1.54, 1.807) is 13.1 Å². The monoisotopic (exact) mass is 233 g/mol. The summed E-state index contributed by atoms with van der Waals surface area (Å²) in [5.41, 5.74) is 2.18. The van der Waals surface area contributed by atoms with Gasteiger partial charge in [-0.25, -0.2) is 4.98 Å². The third kappa shape index (κ3) is 2.65. The molecule has 2 heterocycles. The van der Waals surface area contributed by atoms with Crippen molar-refractivity contribution < 1.29 is 5.11 Å². The van der Waals surface area contributed by atoms with Gasteiger partial charge in [0.05, 0.1) is 6.10 Å². The Morgan fingerprint density at radius 3 is 3.06 bits per heavy atom. The van der Waals surface area contributed by atoms with Crippen molar-refractivity contribution in [1.29, 1.82) is 0 Å². The Bertz CT molecular complexity index is 490. The predicted molar refractivity (Wildman–Crippen MR) is 68.8 cm³/mol. The molecule has 0 aromatic carbocycles. The molecule has 0 aliphatic heterocycles. The average Bonchev–Trinajstić information content (AvgIpc) is 2.65. The second kappa shape index (κ2) is 5.29. The summed E-state index contributed by atoms with van der Waals surface area (Å²) in [7, 11) is 0. The Morgan fingerprint density at radius 1 is 1.53 bits per heavy atom. The van der Waals surface area contributed by atoms with Crippen molar-refractivity contribution in [3.8, 4) is 0 Å². The lowest BCUT2D eigenvalue weighted by atomic mass is 10.2.